The number of hydrogen-bond acceptors (Lipinski definition) is 2. The third kappa shape index (κ3) is 0.834. The fraction of sp³-hybridized carbons (Fsp3) is 0.857. The molecule has 2 nitrogen and oxygen atoms in total. The molecule has 3 fully saturated rings. The van der Waals surface area contributed by atoms with Gasteiger partial charge in [-0.3, -0.25) is 9.59 Å². The fourth-order valence-electron chi connectivity index (χ4n) is 5.09. The van der Waals surface area contributed by atoms with Gasteiger partial charge in [-0.1, -0.05) is 20.8 Å². The van der Waals surface area contributed by atoms with E-state index in [0.717, 1.165) is 19.3 Å². The molecule has 0 aromatic heterocycles. The van der Waals surface area contributed by atoms with Crippen molar-refractivity contribution < 1.29 is 9.59 Å². The molecule has 0 aliphatic heterocycles. The van der Waals surface area contributed by atoms with E-state index in [1.54, 1.807) is 0 Å². The predicted octanol–water partition coefficient (Wildman–Crippen LogP) is 2.75. The lowest BCUT2D eigenvalue weighted by atomic mass is 9.39. The lowest BCUT2D eigenvalue weighted by molar-refractivity contribution is -0.183. The van der Waals surface area contributed by atoms with Crippen LogP contribution in [0.5, 0.6) is 0 Å². The molecule has 0 amide bonds. The second kappa shape index (κ2) is 2.60. The summed E-state index contributed by atoms with van der Waals surface area (Å²) in [6.07, 6.45) is 3.93. The minimum absolute atomic E-state index is 0.258. The van der Waals surface area contributed by atoms with E-state index in [2.05, 4.69) is 20.8 Å². The number of carbonyl (C=O) groups is 2. The Morgan fingerprint density at radius 1 is 1.06 bits per heavy atom. The van der Waals surface area contributed by atoms with Crippen molar-refractivity contribution in [2.75, 3.05) is 0 Å². The molecule has 0 aromatic carbocycles. The van der Waals surface area contributed by atoms with Crippen molar-refractivity contribution in [2.24, 2.45) is 22.2 Å². The van der Waals surface area contributed by atoms with E-state index < -0.39 is 0 Å². The SMILES string of the molecule is CC1(C)C[C@]23C(=O)CCC(=O)[C@]2(C)CC[C@@H]13. The molecule has 0 radical (unpaired) electrons. The average molecular weight is 220 g/mol. The summed E-state index contributed by atoms with van der Waals surface area (Å²) in [6.45, 7) is 6.56. The Morgan fingerprint density at radius 2 is 1.69 bits per heavy atom. The first-order valence-corrected chi connectivity index (χ1v) is 6.41. The molecule has 2 heteroatoms. The van der Waals surface area contributed by atoms with Gasteiger partial charge in [-0.2, -0.15) is 0 Å². The maximum absolute atomic E-state index is 12.3. The van der Waals surface area contributed by atoms with Crippen molar-refractivity contribution in [1.29, 1.82) is 0 Å². The van der Waals surface area contributed by atoms with Gasteiger partial charge in [-0.25, -0.2) is 0 Å². The standard InChI is InChI=1S/C14H20O2/c1-12(2)8-14-9(12)6-7-13(14,3)10(15)4-5-11(14)16/h9H,4-8H2,1-3H3/t9-,13-,14-/m0/s1. The fourth-order valence-corrected chi connectivity index (χ4v) is 5.09. The van der Waals surface area contributed by atoms with E-state index in [0.29, 0.717) is 30.3 Å². The van der Waals surface area contributed by atoms with Gasteiger partial charge in [0.25, 0.3) is 0 Å². The number of carbonyl (C=O) groups excluding carboxylic acids is 2. The van der Waals surface area contributed by atoms with Gasteiger partial charge in [-0.15, -0.1) is 0 Å². The van der Waals surface area contributed by atoms with E-state index in [9.17, 15) is 9.59 Å². The van der Waals surface area contributed by atoms with Crippen LogP contribution in [-0.2, 0) is 9.59 Å². The van der Waals surface area contributed by atoms with Gasteiger partial charge in [0, 0.05) is 23.7 Å². The summed E-state index contributed by atoms with van der Waals surface area (Å²) in [5.41, 5.74) is -0.306. The summed E-state index contributed by atoms with van der Waals surface area (Å²) in [7, 11) is 0. The first kappa shape index (κ1) is 10.5. The van der Waals surface area contributed by atoms with Gasteiger partial charge < -0.3 is 0 Å². The molecule has 0 saturated heterocycles. The number of rotatable bonds is 0. The number of hydrogen-bond donors (Lipinski definition) is 0. The molecule has 3 atom stereocenters. The molecule has 0 aromatic rings. The Hall–Kier alpha value is -0.660. The Morgan fingerprint density at radius 3 is 2.31 bits per heavy atom. The first-order chi connectivity index (χ1) is 7.34. The largest absolute Gasteiger partial charge is 0.299 e. The van der Waals surface area contributed by atoms with Gasteiger partial charge in [0.1, 0.15) is 11.6 Å². The van der Waals surface area contributed by atoms with Crippen molar-refractivity contribution in [1.82, 2.24) is 0 Å². The molecule has 3 aliphatic carbocycles. The summed E-state index contributed by atoms with van der Waals surface area (Å²) in [4.78, 5) is 24.5. The van der Waals surface area contributed by atoms with Crippen LogP contribution in [0, 0.1) is 22.2 Å². The summed E-state index contributed by atoms with van der Waals surface area (Å²) in [5, 5.41) is 0. The van der Waals surface area contributed by atoms with Crippen LogP contribution in [0.3, 0.4) is 0 Å². The quantitative estimate of drug-likeness (QED) is 0.629. The molecule has 0 unspecified atom stereocenters. The van der Waals surface area contributed by atoms with Crippen molar-refractivity contribution in [3.05, 3.63) is 0 Å². The van der Waals surface area contributed by atoms with Crippen LogP contribution in [0.4, 0.5) is 0 Å². The number of ketones is 2. The lowest BCUT2D eigenvalue weighted by Crippen LogP contribution is -2.64. The topological polar surface area (TPSA) is 34.1 Å². The van der Waals surface area contributed by atoms with E-state index in [1.807, 2.05) is 0 Å². The second-order valence-electron chi connectivity index (χ2n) is 6.91. The molecule has 0 N–H and O–H groups in total. The first-order valence-electron chi connectivity index (χ1n) is 6.41. The van der Waals surface area contributed by atoms with Crippen LogP contribution in [0.25, 0.3) is 0 Å². The molecule has 3 rings (SSSR count). The zero-order valence-electron chi connectivity index (χ0n) is 10.4. The van der Waals surface area contributed by atoms with Gasteiger partial charge in [-0.05, 0) is 30.6 Å². The lowest BCUT2D eigenvalue weighted by Gasteiger charge is -2.62. The molecule has 0 bridgehead atoms. The van der Waals surface area contributed by atoms with Crippen molar-refractivity contribution in [2.45, 2.75) is 52.9 Å². The zero-order chi connectivity index (χ0) is 11.8. The highest BCUT2D eigenvalue weighted by atomic mass is 16.1. The average Bonchev–Trinajstić information content (AvgIpc) is 2.45. The predicted molar refractivity (Wildman–Crippen MR) is 60.9 cm³/mol. The van der Waals surface area contributed by atoms with Gasteiger partial charge in [0.15, 0.2) is 0 Å². The van der Waals surface area contributed by atoms with Gasteiger partial charge >= 0.3 is 0 Å². The van der Waals surface area contributed by atoms with Crippen LogP contribution in [0.1, 0.15) is 52.9 Å². The van der Waals surface area contributed by atoms with E-state index in [4.69, 9.17) is 0 Å². The van der Waals surface area contributed by atoms with E-state index >= 15 is 0 Å². The highest BCUT2D eigenvalue weighted by molar-refractivity contribution is 6.02. The Balaban J connectivity index is 2.11. The van der Waals surface area contributed by atoms with Gasteiger partial charge in [0.05, 0.1) is 0 Å². The summed E-state index contributed by atoms with van der Waals surface area (Å²) in [6, 6.07) is 0. The van der Waals surface area contributed by atoms with E-state index in [-0.39, 0.29) is 16.2 Å². The van der Waals surface area contributed by atoms with Crippen molar-refractivity contribution in [3.63, 3.8) is 0 Å². The summed E-state index contributed by atoms with van der Waals surface area (Å²) in [5.74, 6) is 1.20. The molecule has 1 spiro atoms. The van der Waals surface area contributed by atoms with Crippen molar-refractivity contribution in [3.8, 4) is 0 Å². The summed E-state index contributed by atoms with van der Waals surface area (Å²) < 4.78 is 0. The smallest absolute Gasteiger partial charge is 0.140 e. The van der Waals surface area contributed by atoms with Gasteiger partial charge in [0.2, 0.25) is 0 Å². The molecular weight excluding hydrogens is 200 g/mol. The maximum Gasteiger partial charge on any atom is 0.140 e. The molecule has 3 aliphatic rings. The molecular formula is C14H20O2. The Bertz CT molecular complexity index is 396. The maximum atomic E-state index is 12.3. The molecule has 88 valence electrons. The minimum Gasteiger partial charge on any atom is -0.299 e. The zero-order valence-corrected chi connectivity index (χ0v) is 10.4. The van der Waals surface area contributed by atoms with Crippen molar-refractivity contribution >= 4 is 11.6 Å². The molecule has 16 heavy (non-hydrogen) atoms. The Kier molecular flexibility index (Phi) is 1.70. The monoisotopic (exact) mass is 220 g/mol. The highest BCUT2D eigenvalue weighted by Gasteiger charge is 2.75. The molecule has 3 saturated carbocycles. The highest BCUT2D eigenvalue weighted by Crippen LogP contribution is 2.75. The minimum atomic E-state index is -0.317. The van der Waals surface area contributed by atoms with Crippen LogP contribution in [0.2, 0.25) is 0 Å². The second-order valence-corrected chi connectivity index (χ2v) is 6.91. The number of Topliss-reactive ketones (excluding diaryl/α,β-unsaturated/α-hetero) is 2. The van der Waals surface area contributed by atoms with Crippen LogP contribution < -0.4 is 0 Å². The Labute approximate surface area is 96.8 Å². The third-order valence-electron chi connectivity index (χ3n) is 5.88. The molecule has 0 heterocycles. The van der Waals surface area contributed by atoms with E-state index in [1.165, 1.54) is 0 Å². The third-order valence-corrected chi connectivity index (χ3v) is 5.88. The normalized spacial score (nSPS) is 49.6. The van der Waals surface area contributed by atoms with Crippen LogP contribution >= 0.6 is 0 Å². The summed E-state index contributed by atoms with van der Waals surface area (Å²) >= 11 is 0. The van der Waals surface area contributed by atoms with Crippen LogP contribution in [-0.4, -0.2) is 11.6 Å². The van der Waals surface area contributed by atoms with Crippen LogP contribution in [0.15, 0.2) is 0 Å².